The van der Waals surface area contributed by atoms with Gasteiger partial charge in [-0.2, -0.15) is 0 Å². The Bertz CT molecular complexity index is 2410. The largest absolute Gasteiger partial charge is 0.289 e. The van der Waals surface area contributed by atoms with Gasteiger partial charge in [0.05, 0.1) is 0 Å². The monoisotopic (exact) mass is 670 g/mol. The lowest BCUT2D eigenvalue weighted by molar-refractivity contribution is 0.103. The van der Waals surface area contributed by atoms with E-state index in [0.29, 0.717) is 22.3 Å². The van der Waals surface area contributed by atoms with Crippen molar-refractivity contribution in [3.8, 4) is 44.5 Å². The summed E-state index contributed by atoms with van der Waals surface area (Å²) in [5, 5.41) is 0. The molecule has 2 aliphatic rings. The minimum absolute atomic E-state index is 0.0308. The zero-order valence-corrected chi connectivity index (χ0v) is 29.8. The van der Waals surface area contributed by atoms with Gasteiger partial charge in [-0.15, -0.1) is 0 Å². The maximum absolute atomic E-state index is 14.1. The Morgan fingerprint density at radius 2 is 0.692 bits per heavy atom. The van der Waals surface area contributed by atoms with Crippen LogP contribution in [0.2, 0.25) is 0 Å². The van der Waals surface area contributed by atoms with Gasteiger partial charge in [0, 0.05) is 33.1 Å². The van der Waals surface area contributed by atoms with E-state index in [1.54, 1.807) is 0 Å². The van der Waals surface area contributed by atoms with Crippen molar-refractivity contribution >= 4 is 11.6 Å². The van der Waals surface area contributed by atoms with Gasteiger partial charge in [0.25, 0.3) is 0 Å². The molecule has 0 aromatic heterocycles. The molecule has 2 nitrogen and oxygen atoms in total. The lowest BCUT2D eigenvalue weighted by atomic mass is 9.79. The fourth-order valence-corrected chi connectivity index (χ4v) is 8.66. The number of hydrogen-bond donors (Lipinski definition) is 0. The van der Waals surface area contributed by atoms with Crippen LogP contribution in [-0.2, 0) is 10.8 Å². The van der Waals surface area contributed by atoms with Crippen LogP contribution in [-0.4, -0.2) is 11.6 Å². The van der Waals surface area contributed by atoms with Gasteiger partial charge in [0.15, 0.2) is 11.6 Å². The van der Waals surface area contributed by atoms with Gasteiger partial charge in [-0.25, -0.2) is 0 Å². The van der Waals surface area contributed by atoms with E-state index in [4.69, 9.17) is 0 Å². The average molecular weight is 671 g/mol. The van der Waals surface area contributed by atoms with Gasteiger partial charge < -0.3 is 0 Å². The third-order valence-electron chi connectivity index (χ3n) is 11.5. The fourth-order valence-electron chi connectivity index (χ4n) is 8.66. The molecule has 0 amide bonds. The van der Waals surface area contributed by atoms with Crippen LogP contribution in [0.1, 0.15) is 81.8 Å². The lowest BCUT2D eigenvalue weighted by Gasteiger charge is -2.24. The quantitative estimate of drug-likeness (QED) is 0.165. The number of benzene rings is 7. The van der Waals surface area contributed by atoms with Gasteiger partial charge in [0.1, 0.15) is 0 Å². The van der Waals surface area contributed by atoms with E-state index < -0.39 is 0 Å². The Morgan fingerprint density at radius 3 is 1.10 bits per heavy atom. The first-order chi connectivity index (χ1) is 25.1. The van der Waals surface area contributed by atoms with Crippen LogP contribution >= 0.6 is 0 Å². The number of hydrogen-bond acceptors (Lipinski definition) is 2. The summed E-state index contributed by atoms with van der Waals surface area (Å²) in [7, 11) is 0. The van der Waals surface area contributed by atoms with E-state index in [-0.39, 0.29) is 22.4 Å². The number of ketones is 2. The van der Waals surface area contributed by atoms with Gasteiger partial charge in [-0.1, -0.05) is 161 Å². The highest BCUT2D eigenvalue weighted by molar-refractivity contribution is 6.14. The van der Waals surface area contributed by atoms with Crippen LogP contribution in [0.15, 0.2) is 158 Å². The molecule has 0 spiro atoms. The Balaban J connectivity index is 1.09. The average Bonchev–Trinajstić information content (AvgIpc) is 3.55. The second-order valence-electron chi connectivity index (χ2n) is 15.2. The molecule has 7 aromatic carbocycles. The van der Waals surface area contributed by atoms with Crippen LogP contribution in [0.25, 0.3) is 44.5 Å². The molecule has 0 saturated heterocycles. The van der Waals surface area contributed by atoms with Gasteiger partial charge in [-0.3, -0.25) is 9.59 Å². The molecule has 0 heterocycles. The number of rotatable bonds is 6. The summed E-state index contributed by atoms with van der Waals surface area (Å²) in [6, 6.07) is 53.3. The molecule has 52 heavy (non-hydrogen) atoms. The topological polar surface area (TPSA) is 34.1 Å². The summed E-state index contributed by atoms with van der Waals surface area (Å²) >= 11 is 0. The summed E-state index contributed by atoms with van der Waals surface area (Å²) in [5.74, 6) is 0.0617. The lowest BCUT2D eigenvalue weighted by Crippen LogP contribution is -2.17. The smallest absolute Gasteiger partial charge is 0.193 e. The third kappa shape index (κ3) is 4.78. The minimum atomic E-state index is -0.307. The van der Waals surface area contributed by atoms with Crippen LogP contribution in [0, 0.1) is 0 Å². The molecule has 0 N–H and O–H groups in total. The molecule has 250 valence electrons. The first kappa shape index (κ1) is 31.8. The van der Waals surface area contributed by atoms with Crippen LogP contribution in [0.4, 0.5) is 0 Å². The zero-order valence-electron chi connectivity index (χ0n) is 29.8. The molecular weight excluding hydrogens is 633 g/mol. The van der Waals surface area contributed by atoms with E-state index >= 15 is 0 Å². The first-order valence-corrected chi connectivity index (χ1v) is 18.0. The van der Waals surface area contributed by atoms with Crippen molar-refractivity contribution in [1.29, 1.82) is 0 Å². The van der Waals surface area contributed by atoms with Crippen molar-refractivity contribution in [3.63, 3.8) is 0 Å². The molecule has 7 aromatic rings. The van der Waals surface area contributed by atoms with E-state index in [0.717, 1.165) is 22.3 Å². The van der Waals surface area contributed by atoms with Crippen molar-refractivity contribution < 1.29 is 9.59 Å². The van der Waals surface area contributed by atoms with E-state index in [1.165, 1.54) is 44.5 Å². The number of carbonyl (C=O) groups is 2. The van der Waals surface area contributed by atoms with Crippen LogP contribution < -0.4 is 0 Å². The van der Waals surface area contributed by atoms with Gasteiger partial charge in [0.2, 0.25) is 0 Å². The van der Waals surface area contributed by atoms with Crippen molar-refractivity contribution in [1.82, 2.24) is 0 Å². The van der Waals surface area contributed by atoms with Crippen molar-refractivity contribution in [2.75, 3.05) is 0 Å². The Labute approximate surface area is 305 Å². The number of fused-ring (bicyclic) bond motifs is 6. The zero-order chi connectivity index (χ0) is 35.8. The highest BCUT2D eigenvalue weighted by Gasteiger charge is 2.42. The second-order valence-corrected chi connectivity index (χ2v) is 15.2. The van der Waals surface area contributed by atoms with Crippen molar-refractivity contribution in [2.24, 2.45) is 0 Å². The number of carbonyl (C=O) groups excluding carboxylic acids is 2. The maximum Gasteiger partial charge on any atom is 0.193 e. The Morgan fingerprint density at radius 1 is 0.346 bits per heavy atom. The summed E-state index contributed by atoms with van der Waals surface area (Å²) < 4.78 is 0. The van der Waals surface area contributed by atoms with Crippen LogP contribution in [0.3, 0.4) is 0 Å². The molecule has 0 fully saturated rings. The van der Waals surface area contributed by atoms with Crippen LogP contribution in [0.5, 0.6) is 0 Å². The van der Waals surface area contributed by atoms with Crippen molar-refractivity contribution in [2.45, 2.75) is 38.5 Å². The summed E-state index contributed by atoms with van der Waals surface area (Å²) in [5.41, 5.74) is 15.8. The molecule has 0 unspecified atom stereocenters. The SMILES string of the molecule is CC1(C)c2cc(C(=O)c3ccccc3-c3ccccc3)ccc2-c2cc3c(cc21)-c1ccc(C(=O)c2ccccc2-c2ccccc2)cc1C3(C)C. The molecule has 0 radical (unpaired) electrons. The molecular formula is C50H38O2. The standard InChI is InChI=1S/C50H38O2/c1-49(2)43-27-33(47(51)39-21-13-11-19-35(39)31-15-7-5-8-16-31)23-25-37(43)41-30-46-42(29-45(41)49)38-26-24-34(28-44(38)50(46,3)4)48(52)40-22-14-12-20-36(40)32-17-9-6-10-18-32/h5-30H,1-4H3. The summed E-state index contributed by atoms with van der Waals surface area (Å²) in [6.45, 7) is 9.07. The van der Waals surface area contributed by atoms with E-state index in [2.05, 4.69) is 88.4 Å². The molecule has 2 aliphatic carbocycles. The van der Waals surface area contributed by atoms with Crippen molar-refractivity contribution in [3.05, 3.63) is 202 Å². The predicted octanol–water partition coefficient (Wildman–Crippen LogP) is 12.1. The molecule has 0 bridgehead atoms. The minimum Gasteiger partial charge on any atom is -0.289 e. The second kappa shape index (κ2) is 11.7. The molecule has 0 atom stereocenters. The molecule has 9 rings (SSSR count). The highest BCUT2D eigenvalue weighted by atomic mass is 16.1. The summed E-state index contributed by atoms with van der Waals surface area (Å²) in [4.78, 5) is 28.3. The third-order valence-corrected chi connectivity index (χ3v) is 11.5. The molecule has 0 saturated carbocycles. The molecule has 0 aliphatic heterocycles. The normalized spacial score (nSPS) is 14.2. The van der Waals surface area contributed by atoms with E-state index in [1.807, 2.05) is 97.1 Å². The fraction of sp³-hybridized carbons (Fsp3) is 0.120. The van der Waals surface area contributed by atoms with E-state index in [9.17, 15) is 9.59 Å². The summed E-state index contributed by atoms with van der Waals surface area (Å²) in [6.07, 6.45) is 0. The first-order valence-electron chi connectivity index (χ1n) is 18.0. The molecule has 2 heteroatoms. The Hall–Kier alpha value is -6.12. The maximum atomic E-state index is 14.1. The highest BCUT2D eigenvalue weighted by Crippen LogP contribution is 2.56. The predicted molar refractivity (Wildman–Crippen MR) is 212 cm³/mol. The van der Waals surface area contributed by atoms with Gasteiger partial charge >= 0.3 is 0 Å². The Kier molecular flexibility index (Phi) is 7.17. The van der Waals surface area contributed by atoms with Gasteiger partial charge in [-0.05, 0) is 91.0 Å².